The van der Waals surface area contributed by atoms with Gasteiger partial charge >= 0.3 is 0 Å². The molecule has 0 spiro atoms. The number of aromatic nitrogens is 1. The van der Waals surface area contributed by atoms with Crippen LogP contribution in [0.3, 0.4) is 0 Å². The first kappa shape index (κ1) is 18.6. The van der Waals surface area contributed by atoms with Crippen molar-refractivity contribution < 1.29 is 9.18 Å². The van der Waals surface area contributed by atoms with E-state index in [2.05, 4.69) is 15.6 Å². The Labute approximate surface area is 158 Å². The minimum absolute atomic E-state index is 0.105. The van der Waals surface area contributed by atoms with Crippen molar-refractivity contribution in [3.8, 4) is 0 Å². The molecule has 0 bridgehead atoms. The van der Waals surface area contributed by atoms with E-state index < -0.39 is 0 Å². The van der Waals surface area contributed by atoms with Crippen LogP contribution in [-0.2, 0) is 17.6 Å². The Balaban J connectivity index is 1.47. The summed E-state index contributed by atoms with van der Waals surface area (Å²) in [5.41, 5.74) is 3.63. The Morgan fingerprint density at radius 1 is 1.04 bits per heavy atom. The van der Waals surface area contributed by atoms with Crippen LogP contribution in [-0.4, -0.2) is 17.4 Å². The highest BCUT2D eigenvalue weighted by molar-refractivity contribution is 5.91. The smallest absolute Gasteiger partial charge is 0.229 e. The van der Waals surface area contributed by atoms with Crippen molar-refractivity contribution in [2.45, 2.75) is 19.8 Å². The lowest BCUT2D eigenvalue weighted by atomic mass is 10.1. The molecule has 0 aliphatic heterocycles. The Morgan fingerprint density at radius 2 is 1.81 bits per heavy atom. The molecule has 0 atom stereocenters. The zero-order valence-corrected chi connectivity index (χ0v) is 15.2. The first-order chi connectivity index (χ1) is 13.1. The number of nitrogens with zero attached hydrogens (tertiary/aromatic N) is 1. The van der Waals surface area contributed by atoms with E-state index in [1.54, 1.807) is 24.4 Å². The largest absolute Gasteiger partial charge is 0.383 e. The number of benzene rings is 2. The van der Waals surface area contributed by atoms with Gasteiger partial charge in [0.1, 0.15) is 11.6 Å². The van der Waals surface area contributed by atoms with Crippen molar-refractivity contribution in [2.75, 3.05) is 17.2 Å². The van der Waals surface area contributed by atoms with E-state index in [0.29, 0.717) is 30.8 Å². The third kappa shape index (κ3) is 5.64. The lowest BCUT2D eigenvalue weighted by Gasteiger charge is -2.09. The van der Waals surface area contributed by atoms with Gasteiger partial charge in [0.15, 0.2) is 0 Å². The molecule has 0 fully saturated rings. The van der Waals surface area contributed by atoms with Crippen molar-refractivity contribution in [1.82, 2.24) is 4.98 Å². The summed E-state index contributed by atoms with van der Waals surface area (Å²) in [6, 6.07) is 18.2. The number of halogens is 1. The topological polar surface area (TPSA) is 54.0 Å². The number of anilines is 2. The zero-order valence-electron chi connectivity index (χ0n) is 15.2. The van der Waals surface area contributed by atoms with Gasteiger partial charge in [-0.3, -0.25) is 4.79 Å². The lowest BCUT2D eigenvalue weighted by Crippen LogP contribution is -2.15. The molecule has 2 aromatic carbocycles. The average Bonchev–Trinajstić information content (AvgIpc) is 2.66. The molecule has 0 radical (unpaired) electrons. The second-order valence-electron chi connectivity index (χ2n) is 6.41. The zero-order chi connectivity index (χ0) is 19.1. The average molecular weight is 363 g/mol. The summed E-state index contributed by atoms with van der Waals surface area (Å²) in [7, 11) is 0. The molecule has 1 aromatic heterocycles. The molecule has 4 nitrogen and oxygen atoms in total. The van der Waals surface area contributed by atoms with Gasteiger partial charge < -0.3 is 10.6 Å². The van der Waals surface area contributed by atoms with E-state index >= 15 is 0 Å². The Hall–Kier alpha value is -3.21. The van der Waals surface area contributed by atoms with Crippen LogP contribution in [0.15, 0.2) is 66.9 Å². The standard InChI is InChI=1S/C22H22FN3O/c1-16-6-8-17(9-7-16)14-22(27)26-21-11-10-19(15-25-21)24-13-12-18-4-2-3-5-20(18)23/h2-11,15,24H,12-14H2,1H3,(H,25,26,27). The van der Waals surface area contributed by atoms with E-state index in [1.165, 1.54) is 11.6 Å². The molecule has 0 aliphatic rings. The van der Waals surface area contributed by atoms with Gasteiger partial charge in [-0.1, -0.05) is 48.0 Å². The molecule has 0 aliphatic carbocycles. The Morgan fingerprint density at radius 3 is 2.52 bits per heavy atom. The van der Waals surface area contributed by atoms with Gasteiger partial charge in [-0.25, -0.2) is 9.37 Å². The van der Waals surface area contributed by atoms with E-state index in [9.17, 15) is 9.18 Å². The molecule has 0 saturated heterocycles. The number of hydrogen-bond donors (Lipinski definition) is 2. The molecule has 2 N–H and O–H groups in total. The van der Waals surface area contributed by atoms with Gasteiger partial charge in [0, 0.05) is 6.54 Å². The highest BCUT2D eigenvalue weighted by Gasteiger charge is 2.05. The maximum absolute atomic E-state index is 13.6. The minimum atomic E-state index is -0.191. The fourth-order valence-corrected chi connectivity index (χ4v) is 2.69. The van der Waals surface area contributed by atoms with Crippen LogP contribution in [0.1, 0.15) is 16.7 Å². The number of pyridine rings is 1. The predicted octanol–water partition coefficient (Wildman–Crippen LogP) is 4.36. The van der Waals surface area contributed by atoms with E-state index in [4.69, 9.17) is 0 Å². The van der Waals surface area contributed by atoms with Gasteiger partial charge in [-0.2, -0.15) is 0 Å². The van der Waals surface area contributed by atoms with Crippen molar-refractivity contribution in [3.63, 3.8) is 0 Å². The molecule has 138 valence electrons. The van der Waals surface area contributed by atoms with Gasteiger partial charge in [0.2, 0.25) is 5.91 Å². The van der Waals surface area contributed by atoms with Crippen LogP contribution in [0.5, 0.6) is 0 Å². The number of nitrogens with one attached hydrogen (secondary N) is 2. The van der Waals surface area contributed by atoms with Crippen LogP contribution < -0.4 is 10.6 Å². The van der Waals surface area contributed by atoms with E-state index in [-0.39, 0.29) is 11.7 Å². The second-order valence-corrected chi connectivity index (χ2v) is 6.41. The van der Waals surface area contributed by atoms with Crippen molar-refractivity contribution in [1.29, 1.82) is 0 Å². The summed E-state index contributed by atoms with van der Waals surface area (Å²) in [6.45, 7) is 2.61. The Kier molecular flexibility index (Phi) is 6.15. The fraction of sp³-hybridized carbons (Fsp3) is 0.182. The maximum Gasteiger partial charge on any atom is 0.229 e. The highest BCUT2D eigenvalue weighted by Crippen LogP contribution is 2.12. The summed E-state index contributed by atoms with van der Waals surface area (Å²) < 4.78 is 13.6. The molecule has 0 saturated carbocycles. The maximum atomic E-state index is 13.6. The van der Waals surface area contributed by atoms with Crippen molar-refractivity contribution in [3.05, 3.63) is 89.4 Å². The molecule has 5 heteroatoms. The van der Waals surface area contributed by atoms with Gasteiger partial charge in [-0.15, -0.1) is 0 Å². The number of amides is 1. The van der Waals surface area contributed by atoms with E-state index in [1.807, 2.05) is 43.3 Å². The molecular formula is C22H22FN3O. The molecule has 1 amide bonds. The normalized spacial score (nSPS) is 10.4. The number of hydrogen-bond acceptors (Lipinski definition) is 3. The van der Waals surface area contributed by atoms with Gasteiger partial charge in [0.05, 0.1) is 18.3 Å². The third-order valence-electron chi connectivity index (χ3n) is 4.20. The third-order valence-corrected chi connectivity index (χ3v) is 4.20. The monoisotopic (exact) mass is 363 g/mol. The Bertz CT molecular complexity index is 892. The quantitative estimate of drug-likeness (QED) is 0.656. The molecule has 1 heterocycles. The minimum Gasteiger partial charge on any atom is -0.383 e. The summed E-state index contributed by atoms with van der Waals surface area (Å²) in [6.07, 6.45) is 2.55. The molecule has 27 heavy (non-hydrogen) atoms. The van der Waals surface area contributed by atoms with Crippen LogP contribution in [0.4, 0.5) is 15.9 Å². The van der Waals surface area contributed by atoms with Crippen molar-refractivity contribution >= 4 is 17.4 Å². The SMILES string of the molecule is Cc1ccc(CC(=O)Nc2ccc(NCCc3ccccc3F)cn2)cc1. The molecule has 3 rings (SSSR count). The predicted molar refractivity (Wildman–Crippen MR) is 106 cm³/mol. The summed E-state index contributed by atoms with van der Waals surface area (Å²) >= 11 is 0. The van der Waals surface area contributed by atoms with Crippen LogP contribution in [0.2, 0.25) is 0 Å². The first-order valence-electron chi connectivity index (χ1n) is 8.89. The molecular weight excluding hydrogens is 341 g/mol. The number of carbonyl (C=O) groups excluding carboxylic acids is 1. The number of rotatable bonds is 7. The summed E-state index contributed by atoms with van der Waals surface area (Å²) in [5, 5.41) is 6.00. The molecule has 0 unspecified atom stereocenters. The second kappa shape index (κ2) is 8.94. The lowest BCUT2D eigenvalue weighted by molar-refractivity contribution is -0.115. The van der Waals surface area contributed by atoms with Crippen molar-refractivity contribution in [2.24, 2.45) is 0 Å². The highest BCUT2D eigenvalue weighted by atomic mass is 19.1. The first-order valence-corrected chi connectivity index (χ1v) is 8.89. The van der Waals surface area contributed by atoms with Crippen LogP contribution in [0.25, 0.3) is 0 Å². The summed E-state index contributed by atoms with van der Waals surface area (Å²) in [5.74, 6) is 0.211. The van der Waals surface area contributed by atoms with Crippen LogP contribution >= 0.6 is 0 Å². The number of aryl methyl sites for hydroxylation is 1. The van der Waals surface area contributed by atoms with E-state index in [0.717, 1.165) is 11.3 Å². The number of carbonyl (C=O) groups is 1. The van der Waals surface area contributed by atoms with Gasteiger partial charge in [-0.05, 0) is 42.7 Å². The molecule has 3 aromatic rings. The van der Waals surface area contributed by atoms with Gasteiger partial charge in [0.25, 0.3) is 0 Å². The summed E-state index contributed by atoms with van der Waals surface area (Å²) in [4.78, 5) is 16.4. The fourth-order valence-electron chi connectivity index (χ4n) is 2.69. The van der Waals surface area contributed by atoms with Crippen LogP contribution in [0, 0.1) is 12.7 Å².